The number of aromatic nitrogens is 1. The first-order valence-corrected chi connectivity index (χ1v) is 10.5. The molecular weight excluding hydrogens is 395 g/mol. The fraction of sp³-hybridized carbons (Fsp3) is 0.333. The molecule has 0 radical (unpaired) electrons. The number of nitriles is 1. The molecule has 2 aromatic heterocycles. The highest BCUT2D eigenvalue weighted by atomic mass is 19.1. The van der Waals surface area contributed by atoms with Crippen molar-refractivity contribution in [2.24, 2.45) is 0 Å². The Morgan fingerprint density at radius 1 is 1.29 bits per heavy atom. The minimum absolute atomic E-state index is 0.187. The summed E-state index contributed by atoms with van der Waals surface area (Å²) in [5.74, 6) is 0.794. The summed E-state index contributed by atoms with van der Waals surface area (Å²) >= 11 is 0. The molecule has 0 spiro atoms. The molecule has 3 aromatic rings. The molecule has 7 heteroatoms. The first-order chi connectivity index (χ1) is 15.0. The standard InChI is InChI=1S/C24H25FN4O2/c1-16-17(2)29(14-20-7-5-11-31-20)24(21(16)12-26)27-23(30)15-28(19-9-10-19)13-18-6-3-4-8-22(18)25/h3-8,11,19H,9-10,13-15H2,1-2H3,(H,27,30)/p+1. The van der Waals surface area contributed by atoms with Gasteiger partial charge in [0, 0.05) is 24.1 Å². The van der Waals surface area contributed by atoms with Crippen molar-refractivity contribution in [3.63, 3.8) is 0 Å². The lowest BCUT2D eigenvalue weighted by Gasteiger charge is -2.20. The molecular formula is C24H26FN4O2+. The lowest BCUT2D eigenvalue weighted by atomic mass is 10.2. The van der Waals surface area contributed by atoms with Crippen LogP contribution in [-0.2, 0) is 17.9 Å². The van der Waals surface area contributed by atoms with Crippen LogP contribution >= 0.6 is 0 Å². The molecule has 1 fully saturated rings. The molecule has 1 amide bonds. The van der Waals surface area contributed by atoms with Gasteiger partial charge in [0.2, 0.25) is 0 Å². The first-order valence-electron chi connectivity index (χ1n) is 10.5. The van der Waals surface area contributed by atoms with E-state index in [9.17, 15) is 14.4 Å². The molecule has 2 heterocycles. The summed E-state index contributed by atoms with van der Waals surface area (Å²) in [6, 6.07) is 13.0. The number of quaternary nitrogens is 1. The molecule has 0 aliphatic heterocycles. The van der Waals surface area contributed by atoms with Crippen molar-refractivity contribution in [3.8, 4) is 6.07 Å². The summed E-state index contributed by atoms with van der Waals surface area (Å²) in [5.41, 5.74) is 2.81. The Kier molecular flexibility index (Phi) is 5.92. The number of nitrogens with one attached hydrogen (secondary N) is 2. The Bertz CT molecular complexity index is 1120. The maximum absolute atomic E-state index is 14.1. The number of furan rings is 1. The zero-order chi connectivity index (χ0) is 22.0. The molecule has 4 rings (SSSR count). The van der Waals surface area contributed by atoms with Crippen molar-refractivity contribution in [2.45, 2.75) is 45.8 Å². The van der Waals surface area contributed by atoms with Gasteiger partial charge < -0.3 is 19.2 Å². The van der Waals surface area contributed by atoms with Gasteiger partial charge in [0.25, 0.3) is 5.91 Å². The Balaban J connectivity index is 1.54. The number of nitrogens with zero attached hydrogens (tertiary/aromatic N) is 2. The third-order valence-corrected chi connectivity index (χ3v) is 6.01. The van der Waals surface area contributed by atoms with Crippen LogP contribution in [0.3, 0.4) is 0 Å². The van der Waals surface area contributed by atoms with Crippen LogP contribution in [0.25, 0.3) is 0 Å². The molecule has 0 saturated heterocycles. The van der Waals surface area contributed by atoms with E-state index in [0.717, 1.165) is 34.8 Å². The molecule has 6 nitrogen and oxygen atoms in total. The maximum Gasteiger partial charge on any atom is 0.280 e. The van der Waals surface area contributed by atoms with Crippen molar-refractivity contribution in [2.75, 3.05) is 11.9 Å². The summed E-state index contributed by atoms with van der Waals surface area (Å²) < 4.78 is 21.5. The van der Waals surface area contributed by atoms with E-state index in [1.54, 1.807) is 18.4 Å². The minimum Gasteiger partial charge on any atom is -0.467 e. The zero-order valence-electron chi connectivity index (χ0n) is 17.7. The van der Waals surface area contributed by atoms with Gasteiger partial charge in [0.1, 0.15) is 30.0 Å². The maximum atomic E-state index is 14.1. The smallest absolute Gasteiger partial charge is 0.280 e. The number of amides is 1. The fourth-order valence-electron chi connectivity index (χ4n) is 4.00. The highest BCUT2D eigenvalue weighted by molar-refractivity contribution is 5.92. The van der Waals surface area contributed by atoms with Gasteiger partial charge in [0.15, 0.2) is 6.54 Å². The van der Waals surface area contributed by atoms with Gasteiger partial charge in [-0.2, -0.15) is 5.26 Å². The van der Waals surface area contributed by atoms with Gasteiger partial charge in [-0.15, -0.1) is 0 Å². The van der Waals surface area contributed by atoms with E-state index in [2.05, 4.69) is 11.4 Å². The van der Waals surface area contributed by atoms with Crippen LogP contribution in [0.2, 0.25) is 0 Å². The van der Waals surface area contributed by atoms with Crippen LogP contribution in [0, 0.1) is 31.0 Å². The monoisotopic (exact) mass is 421 g/mol. The van der Waals surface area contributed by atoms with E-state index in [1.807, 2.05) is 36.6 Å². The van der Waals surface area contributed by atoms with Crippen molar-refractivity contribution >= 4 is 11.7 Å². The molecule has 1 saturated carbocycles. The number of rotatable bonds is 8. The summed E-state index contributed by atoms with van der Waals surface area (Å²) in [4.78, 5) is 14.0. The average Bonchev–Trinajstić information content (AvgIpc) is 3.43. The summed E-state index contributed by atoms with van der Waals surface area (Å²) in [6.45, 7) is 4.90. The second-order valence-corrected chi connectivity index (χ2v) is 8.14. The van der Waals surface area contributed by atoms with Crippen LogP contribution in [0.5, 0.6) is 0 Å². The third kappa shape index (κ3) is 4.54. The Labute approximate surface area is 180 Å². The second kappa shape index (κ2) is 8.78. The largest absolute Gasteiger partial charge is 0.467 e. The van der Waals surface area contributed by atoms with E-state index < -0.39 is 0 Å². The number of anilines is 1. The van der Waals surface area contributed by atoms with Crippen LogP contribution in [0.15, 0.2) is 47.1 Å². The van der Waals surface area contributed by atoms with Gasteiger partial charge in [-0.25, -0.2) is 4.39 Å². The van der Waals surface area contributed by atoms with E-state index in [-0.39, 0.29) is 18.3 Å². The van der Waals surface area contributed by atoms with E-state index in [1.165, 1.54) is 6.07 Å². The molecule has 0 bridgehead atoms. The van der Waals surface area contributed by atoms with Gasteiger partial charge in [-0.05, 0) is 37.6 Å². The van der Waals surface area contributed by atoms with Gasteiger partial charge in [-0.3, -0.25) is 4.79 Å². The van der Waals surface area contributed by atoms with Gasteiger partial charge in [0.05, 0.1) is 24.4 Å². The zero-order valence-corrected chi connectivity index (χ0v) is 17.7. The van der Waals surface area contributed by atoms with Gasteiger partial charge in [-0.1, -0.05) is 18.2 Å². The van der Waals surface area contributed by atoms with Crippen LogP contribution in [0.1, 0.15) is 41.0 Å². The number of carbonyl (C=O) groups excluding carboxylic acids is 1. The molecule has 1 aliphatic carbocycles. The Hall–Kier alpha value is -3.37. The second-order valence-electron chi connectivity index (χ2n) is 8.14. The third-order valence-electron chi connectivity index (χ3n) is 6.01. The van der Waals surface area contributed by atoms with Crippen molar-refractivity contribution in [3.05, 3.63) is 76.6 Å². The lowest BCUT2D eigenvalue weighted by Crippen LogP contribution is -3.13. The number of hydrogen-bond acceptors (Lipinski definition) is 3. The normalized spacial score (nSPS) is 14.3. The molecule has 31 heavy (non-hydrogen) atoms. The first kappa shape index (κ1) is 20.9. The van der Waals surface area contributed by atoms with E-state index >= 15 is 0 Å². The van der Waals surface area contributed by atoms with E-state index in [4.69, 9.17) is 4.42 Å². The lowest BCUT2D eigenvalue weighted by molar-refractivity contribution is -0.917. The molecule has 1 aliphatic rings. The number of benzene rings is 1. The number of hydrogen-bond donors (Lipinski definition) is 2. The summed E-state index contributed by atoms with van der Waals surface area (Å²) in [5, 5.41) is 12.7. The van der Waals surface area contributed by atoms with Crippen LogP contribution < -0.4 is 10.2 Å². The Morgan fingerprint density at radius 2 is 2.06 bits per heavy atom. The quantitative estimate of drug-likeness (QED) is 0.587. The molecule has 2 N–H and O–H groups in total. The predicted octanol–water partition coefficient (Wildman–Crippen LogP) is 2.94. The molecule has 160 valence electrons. The van der Waals surface area contributed by atoms with Crippen molar-refractivity contribution in [1.29, 1.82) is 5.26 Å². The average molecular weight is 421 g/mol. The van der Waals surface area contributed by atoms with E-state index in [0.29, 0.717) is 36.1 Å². The number of carbonyl (C=O) groups is 1. The highest BCUT2D eigenvalue weighted by Crippen LogP contribution is 2.27. The van der Waals surface area contributed by atoms with Crippen molar-refractivity contribution in [1.82, 2.24) is 4.57 Å². The molecule has 1 unspecified atom stereocenters. The fourth-order valence-corrected chi connectivity index (χ4v) is 4.00. The SMILES string of the molecule is Cc1c(C#N)c(NC(=O)C[NH+](Cc2ccccc2F)C2CC2)n(Cc2ccco2)c1C. The topological polar surface area (TPSA) is 75.4 Å². The van der Waals surface area contributed by atoms with Gasteiger partial charge >= 0.3 is 0 Å². The highest BCUT2D eigenvalue weighted by Gasteiger charge is 2.35. The minimum atomic E-state index is -0.244. The van der Waals surface area contributed by atoms with Crippen molar-refractivity contribution < 1.29 is 18.5 Å². The van der Waals surface area contributed by atoms with Crippen LogP contribution in [-0.4, -0.2) is 23.1 Å². The molecule has 1 aromatic carbocycles. The molecule has 1 atom stereocenters. The predicted molar refractivity (Wildman–Crippen MR) is 114 cm³/mol. The summed E-state index contributed by atoms with van der Waals surface area (Å²) in [7, 11) is 0. The number of halogens is 1. The Morgan fingerprint density at radius 3 is 2.71 bits per heavy atom. The summed E-state index contributed by atoms with van der Waals surface area (Å²) in [6.07, 6.45) is 3.67. The van der Waals surface area contributed by atoms with Crippen LogP contribution in [0.4, 0.5) is 10.2 Å².